The third kappa shape index (κ3) is 2.77. The molecule has 1 aliphatic heterocycles. The van der Waals surface area contributed by atoms with E-state index in [2.05, 4.69) is 5.32 Å². The quantitative estimate of drug-likeness (QED) is 0.624. The van der Waals surface area contributed by atoms with E-state index in [1.165, 1.54) is 0 Å². The second-order valence-electron chi connectivity index (χ2n) is 1.94. The number of nitrogens with one attached hydrogen (secondary N) is 1. The van der Waals surface area contributed by atoms with Gasteiger partial charge >= 0.3 is 5.97 Å². The Morgan fingerprint density at radius 3 is 2.70 bits per heavy atom. The van der Waals surface area contributed by atoms with Crippen LogP contribution in [-0.4, -0.2) is 28.7 Å². The lowest BCUT2D eigenvalue weighted by Gasteiger charge is -2.18. The van der Waals surface area contributed by atoms with Crippen molar-refractivity contribution >= 4 is 30.1 Å². The van der Waals surface area contributed by atoms with Crippen molar-refractivity contribution in [2.24, 2.45) is 0 Å². The number of hydrogen-bond donors (Lipinski definition) is 2. The van der Waals surface area contributed by atoms with Gasteiger partial charge in [0.25, 0.3) is 0 Å². The highest BCUT2D eigenvalue weighted by Gasteiger charge is 2.18. The van der Waals surface area contributed by atoms with Gasteiger partial charge in [0.15, 0.2) is 0 Å². The standard InChI is InChI=1S/C5H9NO2S.ClH/c7-5(8)4-1-2-9-3-6-4;/h4,6H,1-3H2,(H,7,8);1H. The van der Waals surface area contributed by atoms with Crippen molar-refractivity contribution in [2.75, 3.05) is 11.6 Å². The Morgan fingerprint density at radius 1 is 1.70 bits per heavy atom. The normalized spacial score (nSPS) is 25.0. The molecule has 0 amide bonds. The number of carbonyl (C=O) groups is 1. The van der Waals surface area contributed by atoms with Crippen molar-refractivity contribution in [3.05, 3.63) is 0 Å². The van der Waals surface area contributed by atoms with E-state index in [9.17, 15) is 4.79 Å². The lowest BCUT2D eigenvalue weighted by atomic mass is 10.2. The number of aliphatic carboxylic acids is 1. The van der Waals surface area contributed by atoms with E-state index in [4.69, 9.17) is 5.11 Å². The summed E-state index contributed by atoms with van der Waals surface area (Å²) in [4.78, 5) is 10.3. The number of carboxylic acid groups (broad SMARTS) is 1. The first-order chi connectivity index (χ1) is 4.30. The molecule has 0 saturated carbocycles. The lowest BCUT2D eigenvalue weighted by Crippen LogP contribution is -2.39. The maximum atomic E-state index is 10.3. The summed E-state index contributed by atoms with van der Waals surface area (Å²) in [6, 6.07) is -0.300. The molecule has 60 valence electrons. The van der Waals surface area contributed by atoms with Crippen LogP contribution >= 0.6 is 24.2 Å². The van der Waals surface area contributed by atoms with E-state index < -0.39 is 5.97 Å². The third-order valence-corrected chi connectivity index (χ3v) is 2.18. The molecule has 2 N–H and O–H groups in total. The van der Waals surface area contributed by atoms with Crippen LogP contribution in [-0.2, 0) is 4.79 Å². The minimum Gasteiger partial charge on any atom is -0.480 e. The molecule has 1 saturated heterocycles. The second kappa shape index (κ2) is 4.82. The average Bonchev–Trinajstić information content (AvgIpc) is 1.90. The average molecular weight is 184 g/mol. The Labute approximate surface area is 70.0 Å². The fraction of sp³-hybridized carbons (Fsp3) is 0.800. The first-order valence-electron chi connectivity index (χ1n) is 2.84. The van der Waals surface area contributed by atoms with Gasteiger partial charge < -0.3 is 5.11 Å². The van der Waals surface area contributed by atoms with Crippen molar-refractivity contribution in [1.82, 2.24) is 5.32 Å². The van der Waals surface area contributed by atoms with Gasteiger partial charge in [0.05, 0.1) is 0 Å². The predicted molar refractivity (Wildman–Crippen MR) is 43.7 cm³/mol. The number of hydrogen-bond acceptors (Lipinski definition) is 3. The first kappa shape index (κ1) is 10.1. The van der Waals surface area contributed by atoms with Gasteiger partial charge in [0.1, 0.15) is 6.04 Å². The van der Waals surface area contributed by atoms with Crippen molar-refractivity contribution in [1.29, 1.82) is 0 Å². The van der Waals surface area contributed by atoms with Gasteiger partial charge in [-0.1, -0.05) is 0 Å². The van der Waals surface area contributed by atoms with Crippen molar-refractivity contribution in [3.8, 4) is 0 Å². The molecule has 0 radical (unpaired) electrons. The number of rotatable bonds is 1. The van der Waals surface area contributed by atoms with Gasteiger partial charge in [0.2, 0.25) is 0 Å². The SMILES string of the molecule is Cl.O=C(O)C1CCSCN1. The monoisotopic (exact) mass is 183 g/mol. The van der Waals surface area contributed by atoms with Gasteiger partial charge in [-0.05, 0) is 12.2 Å². The minimum absolute atomic E-state index is 0. The first-order valence-corrected chi connectivity index (χ1v) is 4.00. The zero-order chi connectivity index (χ0) is 6.69. The van der Waals surface area contributed by atoms with Gasteiger partial charge in [-0.2, -0.15) is 0 Å². The molecule has 5 heteroatoms. The maximum Gasteiger partial charge on any atom is 0.320 e. The molecule has 10 heavy (non-hydrogen) atoms. The molecular formula is C5H10ClNO2S. The van der Waals surface area contributed by atoms with Crippen LogP contribution in [0.25, 0.3) is 0 Å². The van der Waals surface area contributed by atoms with Crippen LogP contribution < -0.4 is 5.32 Å². The van der Waals surface area contributed by atoms with E-state index in [1.807, 2.05) is 0 Å². The molecule has 1 atom stereocenters. The Hall–Kier alpha value is 0.0700. The summed E-state index contributed by atoms with van der Waals surface area (Å²) >= 11 is 1.74. The fourth-order valence-corrected chi connectivity index (χ4v) is 1.61. The summed E-state index contributed by atoms with van der Waals surface area (Å²) in [6.07, 6.45) is 0.750. The molecule has 0 aromatic heterocycles. The summed E-state index contributed by atoms with van der Waals surface area (Å²) in [6.45, 7) is 0. The Balaban J connectivity index is 0.000000810. The Morgan fingerprint density at radius 2 is 2.40 bits per heavy atom. The van der Waals surface area contributed by atoms with Gasteiger partial charge in [-0.25, -0.2) is 0 Å². The van der Waals surface area contributed by atoms with Crippen LogP contribution in [0.3, 0.4) is 0 Å². The summed E-state index contributed by atoms with van der Waals surface area (Å²) in [5, 5.41) is 11.3. The molecule has 0 spiro atoms. The molecule has 0 aliphatic carbocycles. The smallest absolute Gasteiger partial charge is 0.320 e. The molecule has 1 fully saturated rings. The molecule has 3 nitrogen and oxygen atoms in total. The highest BCUT2D eigenvalue weighted by atomic mass is 35.5. The highest BCUT2D eigenvalue weighted by Crippen LogP contribution is 2.09. The summed E-state index contributed by atoms with van der Waals surface area (Å²) < 4.78 is 0. The number of thioether (sulfide) groups is 1. The third-order valence-electron chi connectivity index (χ3n) is 1.28. The number of halogens is 1. The molecule has 0 aromatic carbocycles. The molecule has 0 aromatic rings. The zero-order valence-corrected chi connectivity index (χ0v) is 7.00. The zero-order valence-electron chi connectivity index (χ0n) is 5.37. The molecule has 1 heterocycles. The summed E-state index contributed by atoms with van der Waals surface area (Å²) in [5.74, 6) is 1.01. The van der Waals surface area contributed by atoms with Crippen LogP contribution in [0.4, 0.5) is 0 Å². The molecular weight excluding hydrogens is 174 g/mol. The van der Waals surface area contributed by atoms with E-state index in [0.717, 1.165) is 18.1 Å². The fourth-order valence-electron chi connectivity index (χ4n) is 0.746. The second-order valence-corrected chi connectivity index (χ2v) is 3.04. The van der Waals surface area contributed by atoms with Crippen LogP contribution in [0.2, 0.25) is 0 Å². The Kier molecular flexibility index (Phi) is 4.85. The molecule has 1 unspecified atom stereocenters. The molecule has 1 rings (SSSR count). The largest absolute Gasteiger partial charge is 0.480 e. The topological polar surface area (TPSA) is 49.3 Å². The minimum atomic E-state index is -0.727. The van der Waals surface area contributed by atoms with Crippen LogP contribution in [0.15, 0.2) is 0 Å². The van der Waals surface area contributed by atoms with Gasteiger partial charge in [-0.15, -0.1) is 24.2 Å². The van der Waals surface area contributed by atoms with Crippen LogP contribution in [0.1, 0.15) is 6.42 Å². The van der Waals surface area contributed by atoms with Gasteiger partial charge in [-0.3, -0.25) is 10.1 Å². The van der Waals surface area contributed by atoms with Gasteiger partial charge in [0, 0.05) is 5.88 Å². The maximum absolute atomic E-state index is 10.3. The van der Waals surface area contributed by atoms with E-state index in [-0.39, 0.29) is 18.4 Å². The van der Waals surface area contributed by atoms with E-state index in [1.54, 1.807) is 11.8 Å². The van der Waals surface area contributed by atoms with E-state index >= 15 is 0 Å². The molecule has 1 aliphatic rings. The van der Waals surface area contributed by atoms with E-state index in [0.29, 0.717) is 0 Å². The number of carboxylic acids is 1. The molecule has 0 bridgehead atoms. The van der Waals surface area contributed by atoms with Crippen LogP contribution in [0.5, 0.6) is 0 Å². The lowest BCUT2D eigenvalue weighted by molar-refractivity contribution is -0.139. The predicted octanol–water partition coefficient (Wildman–Crippen LogP) is 0.545. The van der Waals surface area contributed by atoms with Crippen molar-refractivity contribution in [2.45, 2.75) is 12.5 Å². The van der Waals surface area contributed by atoms with Crippen molar-refractivity contribution < 1.29 is 9.90 Å². The summed E-state index contributed by atoms with van der Waals surface area (Å²) in [7, 11) is 0. The summed E-state index contributed by atoms with van der Waals surface area (Å²) in [5.41, 5.74) is 0. The Bertz CT molecular complexity index is 116. The van der Waals surface area contributed by atoms with Crippen LogP contribution in [0, 0.1) is 0 Å². The highest BCUT2D eigenvalue weighted by molar-refractivity contribution is 7.99. The van der Waals surface area contributed by atoms with Crippen molar-refractivity contribution in [3.63, 3.8) is 0 Å².